The summed E-state index contributed by atoms with van der Waals surface area (Å²) in [6, 6.07) is 12.5. The summed E-state index contributed by atoms with van der Waals surface area (Å²) in [5.41, 5.74) is 4.95. The number of nitrogens with one attached hydrogen (secondary N) is 2. The van der Waals surface area contributed by atoms with Crippen LogP contribution in [0.3, 0.4) is 0 Å². The largest absolute Gasteiger partial charge is 0.493 e. The van der Waals surface area contributed by atoms with Gasteiger partial charge in [-0.1, -0.05) is 41.5 Å². The van der Waals surface area contributed by atoms with Crippen molar-refractivity contribution in [3.63, 3.8) is 0 Å². The molecule has 0 heterocycles. The van der Waals surface area contributed by atoms with Crippen molar-refractivity contribution in [1.29, 1.82) is 0 Å². The Balaban J connectivity index is 1.90. The normalized spacial score (nSPS) is 11.2. The Morgan fingerprint density at radius 3 is 2.35 bits per heavy atom. The van der Waals surface area contributed by atoms with E-state index in [0.717, 1.165) is 36.0 Å². The predicted octanol–water partition coefficient (Wildman–Crippen LogP) is 3.23. The van der Waals surface area contributed by atoms with Crippen LogP contribution in [0.2, 0.25) is 0 Å². The second-order valence-electron chi connectivity index (χ2n) is 6.25. The summed E-state index contributed by atoms with van der Waals surface area (Å²) in [7, 11) is 5.07. The first kappa shape index (κ1) is 19.6. The third-order valence-electron chi connectivity index (χ3n) is 4.14. The molecule has 0 saturated heterocycles. The van der Waals surface area contributed by atoms with Gasteiger partial charge < -0.3 is 20.1 Å². The lowest BCUT2D eigenvalue weighted by atomic mass is 10.1. The van der Waals surface area contributed by atoms with Crippen LogP contribution in [0.4, 0.5) is 0 Å². The highest BCUT2D eigenvalue weighted by molar-refractivity contribution is 5.79. The maximum absolute atomic E-state index is 5.47. The smallest absolute Gasteiger partial charge is 0.191 e. The maximum atomic E-state index is 5.47. The summed E-state index contributed by atoms with van der Waals surface area (Å²) in [5.74, 6) is 2.23. The highest BCUT2D eigenvalue weighted by atomic mass is 16.5. The molecule has 26 heavy (non-hydrogen) atoms. The van der Waals surface area contributed by atoms with Gasteiger partial charge in [0.1, 0.15) is 0 Å². The molecule has 0 spiro atoms. The van der Waals surface area contributed by atoms with E-state index in [4.69, 9.17) is 9.47 Å². The topological polar surface area (TPSA) is 54.9 Å². The molecule has 0 aliphatic carbocycles. The van der Waals surface area contributed by atoms with Gasteiger partial charge in [-0.15, -0.1) is 0 Å². The Hall–Kier alpha value is -2.69. The first-order chi connectivity index (χ1) is 12.6. The fraction of sp³-hybridized carbons (Fsp3) is 0.381. The lowest BCUT2D eigenvalue weighted by molar-refractivity contribution is 0.351. The van der Waals surface area contributed by atoms with Crippen molar-refractivity contribution in [1.82, 2.24) is 10.6 Å². The van der Waals surface area contributed by atoms with Gasteiger partial charge in [-0.3, -0.25) is 4.99 Å². The minimum Gasteiger partial charge on any atom is -0.493 e. The standard InChI is InChI=1S/C21H29N3O2/c1-15-11-16(2)13-17(12-15)9-10-23-21(22-3)24-14-18-7-6-8-19(25-4)20(18)26-5/h6-8,11-13H,9-10,14H2,1-5H3,(H2,22,23,24). The third-order valence-corrected chi connectivity index (χ3v) is 4.14. The molecule has 5 heteroatoms. The predicted molar refractivity (Wildman–Crippen MR) is 107 cm³/mol. The molecule has 0 saturated carbocycles. The average molecular weight is 355 g/mol. The number of hydrogen-bond acceptors (Lipinski definition) is 3. The van der Waals surface area contributed by atoms with Gasteiger partial charge in [0.2, 0.25) is 0 Å². The second kappa shape index (κ2) is 9.70. The summed E-state index contributed by atoms with van der Waals surface area (Å²) in [5, 5.41) is 6.68. The number of benzene rings is 2. The lowest BCUT2D eigenvalue weighted by Crippen LogP contribution is -2.37. The molecule has 0 unspecified atom stereocenters. The van der Waals surface area contributed by atoms with E-state index >= 15 is 0 Å². The minimum absolute atomic E-state index is 0.601. The van der Waals surface area contributed by atoms with E-state index in [1.807, 2.05) is 18.2 Å². The number of aryl methyl sites for hydroxylation is 2. The molecule has 0 bridgehead atoms. The van der Waals surface area contributed by atoms with Crippen LogP contribution in [0.1, 0.15) is 22.3 Å². The highest BCUT2D eigenvalue weighted by Crippen LogP contribution is 2.30. The molecule has 0 aliphatic rings. The van der Waals surface area contributed by atoms with Crippen LogP contribution in [0.5, 0.6) is 11.5 Å². The number of hydrogen-bond donors (Lipinski definition) is 2. The Bertz CT molecular complexity index is 737. The minimum atomic E-state index is 0.601. The maximum Gasteiger partial charge on any atom is 0.191 e. The van der Waals surface area contributed by atoms with E-state index in [1.165, 1.54) is 16.7 Å². The van der Waals surface area contributed by atoms with Crippen LogP contribution in [-0.4, -0.2) is 33.8 Å². The van der Waals surface area contributed by atoms with Crippen molar-refractivity contribution < 1.29 is 9.47 Å². The average Bonchev–Trinajstić information content (AvgIpc) is 2.63. The zero-order valence-electron chi connectivity index (χ0n) is 16.3. The molecule has 2 aromatic carbocycles. The lowest BCUT2D eigenvalue weighted by Gasteiger charge is -2.15. The summed E-state index contributed by atoms with van der Waals surface area (Å²) < 4.78 is 10.8. The zero-order chi connectivity index (χ0) is 18.9. The Kier molecular flexibility index (Phi) is 7.33. The van der Waals surface area contributed by atoms with Crippen LogP contribution in [-0.2, 0) is 13.0 Å². The number of guanidine groups is 1. The van der Waals surface area contributed by atoms with Crippen molar-refractivity contribution in [2.45, 2.75) is 26.8 Å². The van der Waals surface area contributed by atoms with Crippen LogP contribution in [0, 0.1) is 13.8 Å². The van der Waals surface area contributed by atoms with E-state index in [-0.39, 0.29) is 0 Å². The molecule has 0 atom stereocenters. The van der Waals surface area contributed by atoms with Crippen molar-refractivity contribution >= 4 is 5.96 Å². The number of para-hydroxylation sites is 1. The van der Waals surface area contributed by atoms with Crippen LogP contribution in [0.25, 0.3) is 0 Å². The van der Waals surface area contributed by atoms with E-state index in [9.17, 15) is 0 Å². The van der Waals surface area contributed by atoms with E-state index in [1.54, 1.807) is 21.3 Å². The monoisotopic (exact) mass is 355 g/mol. The molecule has 0 aromatic heterocycles. The summed E-state index contributed by atoms with van der Waals surface area (Å²) in [6.45, 7) is 5.68. The van der Waals surface area contributed by atoms with Gasteiger partial charge in [0, 0.05) is 25.7 Å². The molecule has 0 amide bonds. The van der Waals surface area contributed by atoms with E-state index < -0.39 is 0 Å². The fourth-order valence-electron chi connectivity index (χ4n) is 3.03. The van der Waals surface area contributed by atoms with Crippen molar-refractivity contribution in [3.05, 3.63) is 58.7 Å². The molecular formula is C21H29N3O2. The Morgan fingerprint density at radius 1 is 1.00 bits per heavy atom. The molecular weight excluding hydrogens is 326 g/mol. The van der Waals surface area contributed by atoms with Crippen molar-refractivity contribution in [3.8, 4) is 11.5 Å². The van der Waals surface area contributed by atoms with Gasteiger partial charge in [0.05, 0.1) is 14.2 Å². The highest BCUT2D eigenvalue weighted by Gasteiger charge is 2.09. The van der Waals surface area contributed by atoms with Gasteiger partial charge in [0.15, 0.2) is 17.5 Å². The van der Waals surface area contributed by atoms with Gasteiger partial charge in [0.25, 0.3) is 0 Å². The van der Waals surface area contributed by atoms with E-state index in [2.05, 4.69) is 47.7 Å². The zero-order valence-corrected chi connectivity index (χ0v) is 16.3. The molecule has 0 aliphatic heterocycles. The van der Waals surface area contributed by atoms with Gasteiger partial charge in [-0.2, -0.15) is 0 Å². The third kappa shape index (κ3) is 5.41. The van der Waals surface area contributed by atoms with Crippen molar-refractivity contribution in [2.75, 3.05) is 27.8 Å². The van der Waals surface area contributed by atoms with Crippen LogP contribution in [0.15, 0.2) is 41.4 Å². The SMILES string of the molecule is CN=C(NCCc1cc(C)cc(C)c1)NCc1cccc(OC)c1OC. The van der Waals surface area contributed by atoms with Crippen LogP contribution < -0.4 is 20.1 Å². The molecule has 0 radical (unpaired) electrons. The number of aliphatic imine (C=N–C) groups is 1. The molecule has 2 aromatic rings. The first-order valence-electron chi connectivity index (χ1n) is 8.79. The van der Waals surface area contributed by atoms with Gasteiger partial charge in [-0.25, -0.2) is 0 Å². The van der Waals surface area contributed by atoms with Gasteiger partial charge >= 0.3 is 0 Å². The van der Waals surface area contributed by atoms with Gasteiger partial charge in [-0.05, 0) is 31.9 Å². The Morgan fingerprint density at radius 2 is 1.73 bits per heavy atom. The second-order valence-corrected chi connectivity index (χ2v) is 6.25. The molecule has 5 nitrogen and oxygen atoms in total. The number of rotatable bonds is 7. The molecule has 140 valence electrons. The molecule has 2 N–H and O–H groups in total. The fourth-order valence-corrected chi connectivity index (χ4v) is 3.03. The molecule has 2 rings (SSSR count). The summed E-state index contributed by atoms with van der Waals surface area (Å²) in [6.07, 6.45) is 0.950. The number of methoxy groups -OCH3 is 2. The number of ether oxygens (including phenoxy) is 2. The van der Waals surface area contributed by atoms with E-state index in [0.29, 0.717) is 6.54 Å². The quantitative estimate of drug-likeness (QED) is 0.591. The summed E-state index contributed by atoms with van der Waals surface area (Å²) in [4.78, 5) is 4.29. The Labute approximate surface area is 156 Å². The first-order valence-corrected chi connectivity index (χ1v) is 8.79. The molecule has 0 fully saturated rings. The summed E-state index contributed by atoms with van der Waals surface area (Å²) >= 11 is 0. The van der Waals surface area contributed by atoms with Crippen LogP contribution >= 0.6 is 0 Å². The number of nitrogens with zero attached hydrogens (tertiary/aromatic N) is 1. The van der Waals surface area contributed by atoms with Crippen molar-refractivity contribution in [2.24, 2.45) is 4.99 Å².